The van der Waals surface area contributed by atoms with Crippen molar-refractivity contribution in [3.8, 4) is 0 Å². The molecule has 1 amide bonds. The Kier molecular flexibility index (Phi) is 6.14. The van der Waals surface area contributed by atoms with Crippen LogP contribution in [0.3, 0.4) is 0 Å². The molecule has 0 atom stereocenters. The third-order valence-electron chi connectivity index (χ3n) is 3.47. The zero-order chi connectivity index (χ0) is 15.1. The fourth-order valence-electron chi connectivity index (χ4n) is 2.32. The van der Waals surface area contributed by atoms with Crippen LogP contribution < -0.4 is 0 Å². The molecule has 0 aliphatic carbocycles. The van der Waals surface area contributed by atoms with Gasteiger partial charge in [-0.2, -0.15) is 0 Å². The molecule has 4 nitrogen and oxygen atoms in total. The summed E-state index contributed by atoms with van der Waals surface area (Å²) in [5, 5.41) is 10.1. The highest BCUT2D eigenvalue weighted by Crippen LogP contribution is 2.22. The summed E-state index contributed by atoms with van der Waals surface area (Å²) in [7, 11) is 0. The Morgan fingerprint density at radius 1 is 1.33 bits per heavy atom. The minimum Gasteiger partial charge on any atom is -0.395 e. The number of carbonyl (C=O) groups excluding carboxylic acids is 1. The molecule has 0 aliphatic heterocycles. The molecule has 0 unspecified atom stereocenters. The fraction of sp³-hybridized carbons (Fsp3) is 0.500. The smallest absolute Gasteiger partial charge is 0.222 e. The molecule has 0 aliphatic rings. The van der Waals surface area contributed by atoms with Crippen LogP contribution in [0.2, 0.25) is 0 Å². The van der Waals surface area contributed by atoms with E-state index in [0.29, 0.717) is 19.5 Å². The van der Waals surface area contributed by atoms with Crippen molar-refractivity contribution in [2.45, 2.75) is 32.6 Å². The van der Waals surface area contributed by atoms with Crippen LogP contribution in [0.25, 0.3) is 10.2 Å². The highest BCUT2D eigenvalue weighted by atomic mass is 32.1. The number of thiazole rings is 1. The van der Waals surface area contributed by atoms with Gasteiger partial charge in [-0.15, -0.1) is 11.3 Å². The average molecular weight is 306 g/mol. The van der Waals surface area contributed by atoms with Crippen molar-refractivity contribution < 1.29 is 9.90 Å². The van der Waals surface area contributed by atoms with Crippen LogP contribution in [0.4, 0.5) is 0 Å². The van der Waals surface area contributed by atoms with Crippen molar-refractivity contribution in [2.24, 2.45) is 0 Å². The molecule has 0 fully saturated rings. The number of hydrogen-bond donors (Lipinski definition) is 1. The molecule has 0 saturated heterocycles. The number of likely N-dealkylation sites (N-methyl/N-ethyl adjacent to an activating group) is 1. The van der Waals surface area contributed by atoms with E-state index in [-0.39, 0.29) is 12.5 Å². The van der Waals surface area contributed by atoms with Crippen molar-refractivity contribution >= 4 is 27.5 Å². The number of unbranched alkanes of at least 4 members (excludes halogenated alkanes) is 1. The van der Waals surface area contributed by atoms with Crippen LogP contribution in [0.5, 0.6) is 0 Å². The maximum Gasteiger partial charge on any atom is 0.222 e. The molecular formula is C16H22N2O2S. The van der Waals surface area contributed by atoms with Crippen LogP contribution in [0.15, 0.2) is 24.3 Å². The van der Waals surface area contributed by atoms with Gasteiger partial charge in [-0.3, -0.25) is 4.79 Å². The molecular weight excluding hydrogens is 284 g/mol. The number of para-hydroxylation sites is 1. The summed E-state index contributed by atoms with van der Waals surface area (Å²) in [6, 6.07) is 8.16. The molecule has 1 aromatic heterocycles. The van der Waals surface area contributed by atoms with Crippen LogP contribution in [0, 0.1) is 0 Å². The number of aliphatic hydroxyl groups is 1. The van der Waals surface area contributed by atoms with Crippen molar-refractivity contribution in [2.75, 3.05) is 19.7 Å². The lowest BCUT2D eigenvalue weighted by Gasteiger charge is -2.19. The van der Waals surface area contributed by atoms with E-state index < -0.39 is 0 Å². The van der Waals surface area contributed by atoms with Gasteiger partial charge in [-0.25, -0.2) is 4.98 Å². The molecule has 0 bridgehead atoms. The average Bonchev–Trinajstić information content (AvgIpc) is 2.91. The second-order valence-corrected chi connectivity index (χ2v) is 6.09. The summed E-state index contributed by atoms with van der Waals surface area (Å²) in [6.07, 6.45) is 3.33. The van der Waals surface area contributed by atoms with E-state index in [1.54, 1.807) is 16.2 Å². The van der Waals surface area contributed by atoms with E-state index in [9.17, 15) is 4.79 Å². The van der Waals surface area contributed by atoms with Crippen LogP contribution in [-0.4, -0.2) is 40.6 Å². The molecule has 1 heterocycles. The lowest BCUT2D eigenvalue weighted by molar-refractivity contribution is -0.131. The van der Waals surface area contributed by atoms with E-state index in [1.807, 2.05) is 25.1 Å². The van der Waals surface area contributed by atoms with Gasteiger partial charge in [0.1, 0.15) is 0 Å². The van der Waals surface area contributed by atoms with E-state index >= 15 is 0 Å². The fourth-order valence-corrected chi connectivity index (χ4v) is 3.33. The Balaban J connectivity index is 1.75. The van der Waals surface area contributed by atoms with Gasteiger partial charge in [0.2, 0.25) is 5.91 Å². The number of aromatic nitrogens is 1. The number of amides is 1. The predicted octanol–water partition coefficient (Wildman–Crippen LogP) is 2.85. The molecule has 21 heavy (non-hydrogen) atoms. The summed E-state index contributed by atoms with van der Waals surface area (Å²) in [6.45, 7) is 3.07. The molecule has 1 aromatic carbocycles. The molecule has 114 valence electrons. The predicted molar refractivity (Wildman–Crippen MR) is 86.5 cm³/mol. The number of fused-ring (bicyclic) bond motifs is 1. The Bertz CT molecular complexity index is 549. The third-order valence-corrected chi connectivity index (χ3v) is 4.57. The van der Waals surface area contributed by atoms with Gasteiger partial charge in [0.25, 0.3) is 0 Å². The van der Waals surface area contributed by atoms with E-state index in [0.717, 1.165) is 29.8 Å². The Hall–Kier alpha value is -1.46. The van der Waals surface area contributed by atoms with Gasteiger partial charge in [0.05, 0.1) is 21.8 Å². The van der Waals surface area contributed by atoms with Gasteiger partial charge in [-0.1, -0.05) is 12.1 Å². The second kappa shape index (κ2) is 8.10. The Morgan fingerprint density at radius 2 is 2.14 bits per heavy atom. The molecule has 1 N–H and O–H groups in total. The van der Waals surface area contributed by atoms with Crippen LogP contribution in [0.1, 0.15) is 31.2 Å². The van der Waals surface area contributed by atoms with E-state index in [1.165, 1.54) is 4.70 Å². The van der Waals surface area contributed by atoms with Crippen molar-refractivity contribution in [1.29, 1.82) is 0 Å². The molecule has 2 rings (SSSR count). The number of rotatable bonds is 8. The quantitative estimate of drug-likeness (QED) is 0.763. The SMILES string of the molecule is CCN(CCO)C(=O)CCCCc1nc2ccccc2s1. The topological polar surface area (TPSA) is 53.4 Å². The lowest BCUT2D eigenvalue weighted by atomic mass is 10.2. The van der Waals surface area contributed by atoms with Gasteiger partial charge in [-0.05, 0) is 38.3 Å². The largest absolute Gasteiger partial charge is 0.395 e. The number of aryl methyl sites for hydroxylation is 1. The molecule has 2 aromatic rings. The minimum absolute atomic E-state index is 0.0330. The van der Waals surface area contributed by atoms with E-state index in [2.05, 4.69) is 11.1 Å². The number of benzene rings is 1. The maximum atomic E-state index is 11.9. The van der Waals surface area contributed by atoms with Gasteiger partial charge < -0.3 is 10.0 Å². The van der Waals surface area contributed by atoms with Crippen molar-refractivity contribution in [3.63, 3.8) is 0 Å². The molecule has 0 radical (unpaired) electrons. The summed E-state index contributed by atoms with van der Waals surface area (Å²) in [5.74, 6) is 0.135. The van der Waals surface area contributed by atoms with Gasteiger partial charge in [0, 0.05) is 19.5 Å². The normalized spacial score (nSPS) is 11.0. The zero-order valence-electron chi connectivity index (χ0n) is 12.4. The highest BCUT2D eigenvalue weighted by molar-refractivity contribution is 7.18. The number of carbonyl (C=O) groups is 1. The zero-order valence-corrected chi connectivity index (χ0v) is 13.2. The number of hydrogen-bond acceptors (Lipinski definition) is 4. The van der Waals surface area contributed by atoms with Crippen LogP contribution >= 0.6 is 11.3 Å². The molecule has 5 heteroatoms. The highest BCUT2D eigenvalue weighted by Gasteiger charge is 2.10. The second-order valence-electron chi connectivity index (χ2n) is 4.98. The van der Waals surface area contributed by atoms with Crippen molar-refractivity contribution in [1.82, 2.24) is 9.88 Å². The van der Waals surface area contributed by atoms with Gasteiger partial charge >= 0.3 is 0 Å². The summed E-state index contributed by atoms with van der Waals surface area (Å²) >= 11 is 1.74. The minimum atomic E-state index is 0.0330. The summed E-state index contributed by atoms with van der Waals surface area (Å²) in [4.78, 5) is 18.2. The van der Waals surface area contributed by atoms with Crippen molar-refractivity contribution in [3.05, 3.63) is 29.3 Å². The standard InChI is InChI=1S/C16H22N2O2S/c1-2-18(11-12-19)16(20)10-6-5-9-15-17-13-7-3-4-8-14(13)21-15/h3-4,7-8,19H,2,5-6,9-12H2,1H3. The molecule has 0 saturated carbocycles. The summed E-state index contributed by atoms with van der Waals surface area (Å²) < 4.78 is 1.23. The van der Waals surface area contributed by atoms with E-state index in [4.69, 9.17) is 5.11 Å². The number of aliphatic hydroxyl groups excluding tert-OH is 1. The third kappa shape index (κ3) is 4.51. The van der Waals surface area contributed by atoms with Gasteiger partial charge in [0.15, 0.2) is 0 Å². The first-order valence-corrected chi connectivity index (χ1v) is 8.29. The summed E-state index contributed by atoms with van der Waals surface area (Å²) in [5.41, 5.74) is 1.06. The van der Waals surface area contributed by atoms with Crippen LogP contribution in [-0.2, 0) is 11.2 Å². The Morgan fingerprint density at radius 3 is 2.86 bits per heavy atom. The lowest BCUT2D eigenvalue weighted by Crippen LogP contribution is -2.33. The molecule has 0 spiro atoms. The first-order chi connectivity index (χ1) is 10.2. The number of nitrogens with zero attached hydrogens (tertiary/aromatic N) is 2. The Labute approximate surface area is 129 Å². The monoisotopic (exact) mass is 306 g/mol. The maximum absolute atomic E-state index is 11.9. The first kappa shape index (κ1) is 15.9. The first-order valence-electron chi connectivity index (χ1n) is 7.47.